The number of ether oxygens (including phenoxy) is 1. The highest BCUT2D eigenvalue weighted by Gasteiger charge is 2.22. The lowest BCUT2D eigenvalue weighted by molar-refractivity contribution is 0.0714. The number of aliphatic hydroxyl groups is 1. The first-order chi connectivity index (χ1) is 9.53. The van der Waals surface area contributed by atoms with Crippen molar-refractivity contribution in [3.63, 3.8) is 0 Å². The first kappa shape index (κ1) is 14.3. The summed E-state index contributed by atoms with van der Waals surface area (Å²) in [7, 11) is 1.52. The topological polar surface area (TPSA) is 41.5 Å². The van der Waals surface area contributed by atoms with E-state index in [2.05, 4.69) is 5.32 Å². The number of benzene rings is 2. The predicted octanol–water partition coefficient (Wildman–Crippen LogP) is 3.15. The molecule has 1 unspecified atom stereocenters. The number of rotatable bonds is 5. The quantitative estimate of drug-likeness (QED) is 0.880. The smallest absolute Gasteiger partial charge is 0.146 e. The third-order valence-corrected chi connectivity index (χ3v) is 3.19. The summed E-state index contributed by atoms with van der Waals surface area (Å²) in [6.45, 7) is 1.88. The summed E-state index contributed by atoms with van der Waals surface area (Å²) in [5.41, 5.74) is -0.00657. The van der Waals surface area contributed by atoms with Crippen LogP contribution in [0.5, 0.6) is 5.75 Å². The van der Waals surface area contributed by atoms with E-state index in [1.165, 1.54) is 13.2 Å². The summed E-state index contributed by atoms with van der Waals surface area (Å²) >= 11 is 0. The summed E-state index contributed by atoms with van der Waals surface area (Å²) < 4.78 is 18.7. The van der Waals surface area contributed by atoms with E-state index in [0.717, 1.165) is 5.56 Å². The standard InChI is InChI=1S/C16H18FNO2/c1-16(19,12-6-4-3-5-7-12)11-18-15-10-13(20-2)8-9-14(15)17/h3-10,18-19H,11H2,1-2H3. The molecule has 2 rings (SSSR count). The van der Waals surface area contributed by atoms with Crippen molar-refractivity contribution in [2.45, 2.75) is 12.5 Å². The van der Waals surface area contributed by atoms with E-state index in [0.29, 0.717) is 11.4 Å². The van der Waals surface area contributed by atoms with Crippen LogP contribution in [0.2, 0.25) is 0 Å². The summed E-state index contributed by atoms with van der Waals surface area (Å²) in [5, 5.41) is 13.4. The van der Waals surface area contributed by atoms with Crippen molar-refractivity contribution >= 4 is 5.69 Å². The Bertz CT molecular complexity index is 570. The number of anilines is 1. The van der Waals surface area contributed by atoms with E-state index in [4.69, 9.17) is 4.74 Å². The normalized spacial score (nSPS) is 13.6. The van der Waals surface area contributed by atoms with Gasteiger partial charge in [-0.25, -0.2) is 4.39 Å². The number of halogens is 1. The molecule has 3 nitrogen and oxygen atoms in total. The van der Waals surface area contributed by atoms with Crippen LogP contribution in [0.1, 0.15) is 12.5 Å². The molecule has 0 fully saturated rings. The molecule has 0 aliphatic carbocycles. The highest BCUT2D eigenvalue weighted by Crippen LogP contribution is 2.24. The number of methoxy groups -OCH3 is 1. The molecular formula is C16H18FNO2. The molecule has 0 saturated carbocycles. The van der Waals surface area contributed by atoms with Crippen molar-refractivity contribution in [2.24, 2.45) is 0 Å². The minimum absolute atomic E-state index is 0.196. The van der Waals surface area contributed by atoms with Gasteiger partial charge in [-0.1, -0.05) is 30.3 Å². The van der Waals surface area contributed by atoms with Crippen LogP contribution in [0, 0.1) is 5.82 Å². The van der Waals surface area contributed by atoms with Gasteiger partial charge in [0.2, 0.25) is 0 Å². The van der Waals surface area contributed by atoms with Crippen molar-refractivity contribution in [3.8, 4) is 5.75 Å². The van der Waals surface area contributed by atoms with Gasteiger partial charge in [0.1, 0.15) is 17.2 Å². The van der Waals surface area contributed by atoms with Gasteiger partial charge in [0.15, 0.2) is 0 Å². The SMILES string of the molecule is COc1ccc(F)c(NCC(C)(O)c2ccccc2)c1. The van der Waals surface area contributed by atoms with Gasteiger partial charge < -0.3 is 15.2 Å². The fourth-order valence-corrected chi connectivity index (χ4v) is 1.93. The molecule has 0 amide bonds. The van der Waals surface area contributed by atoms with Crippen molar-refractivity contribution in [1.29, 1.82) is 0 Å². The monoisotopic (exact) mass is 275 g/mol. The molecule has 2 aromatic rings. The summed E-state index contributed by atoms with van der Waals surface area (Å²) in [6.07, 6.45) is 0. The van der Waals surface area contributed by atoms with E-state index >= 15 is 0 Å². The predicted molar refractivity (Wildman–Crippen MR) is 77.5 cm³/mol. The molecule has 106 valence electrons. The van der Waals surface area contributed by atoms with Gasteiger partial charge in [0.05, 0.1) is 12.8 Å². The second-order valence-corrected chi connectivity index (χ2v) is 4.84. The van der Waals surface area contributed by atoms with E-state index in [-0.39, 0.29) is 12.4 Å². The van der Waals surface area contributed by atoms with Crippen LogP contribution >= 0.6 is 0 Å². The van der Waals surface area contributed by atoms with E-state index in [1.54, 1.807) is 19.1 Å². The van der Waals surface area contributed by atoms with Crippen LogP contribution in [-0.2, 0) is 5.60 Å². The van der Waals surface area contributed by atoms with E-state index in [9.17, 15) is 9.50 Å². The second kappa shape index (κ2) is 5.92. The van der Waals surface area contributed by atoms with Gasteiger partial charge in [0.25, 0.3) is 0 Å². The third-order valence-electron chi connectivity index (χ3n) is 3.19. The van der Waals surface area contributed by atoms with Crippen molar-refractivity contribution in [2.75, 3.05) is 19.0 Å². The van der Waals surface area contributed by atoms with Gasteiger partial charge in [-0.05, 0) is 24.6 Å². The maximum Gasteiger partial charge on any atom is 0.146 e. The maximum atomic E-state index is 13.7. The van der Waals surface area contributed by atoms with E-state index < -0.39 is 5.60 Å². The van der Waals surface area contributed by atoms with Gasteiger partial charge in [-0.2, -0.15) is 0 Å². The first-order valence-electron chi connectivity index (χ1n) is 6.38. The lowest BCUT2D eigenvalue weighted by Crippen LogP contribution is -2.30. The van der Waals surface area contributed by atoms with Crippen LogP contribution in [0.4, 0.5) is 10.1 Å². The number of hydrogen-bond donors (Lipinski definition) is 2. The lowest BCUT2D eigenvalue weighted by atomic mass is 9.96. The molecule has 0 aliphatic rings. The number of hydrogen-bond acceptors (Lipinski definition) is 3. The zero-order valence-electron chi connectivity index (χ0n) is 11.6. The molecule has 0 saturated heterocycles. The molecule has 2 aromatic carbocycles. The van der Waals surface area contributed by atoms with Crippen LogP contribution in [-0.4, -0.2) is 18.8 Å². The fraction of sp³-hybridized carbons (Fsp3) is 0.250. The minimum atomic E-state index is -1.09. The highest BCUT2D eigenvalue weighted by molar-refractivity contribution is 5.50. The van der Waals surface area contributed by atoms with Gasteiger partial charge in [-0.15, -0.1) is 0 Å². The highest BCUT2D eigenvalue weighted by atomic mass is 19.1. The Balaban J connectivity index is 2.12. The Morgan fingerprint density at radius 3 is 2.55 bits per heavy atom. The molecule has 0 aliphatic heterocycles. The van der Waals surface area contributed by atoms with Crippen molar-refractivity contribution in [3.05, 3.63) is 59.9 Å². The van der Waals surface area contributed by atoms with Gasteiger partial charge in [0, 0.05) is 12.6 Å². The van der Waals surface area contributed by atoms with E-state index in [1.807, 2.05) is 30.3 Å². The first-order valence-corrected chi connectivity index (χ1v) is 6.38. The van der Waals surface area contributed by atoms with Gasteiger partial charge >= 0.3 is 0 Å². The molecule has 0 aromatic heterocycles. The molecule has 2 N–H and O–H groups in total. The van der Waals surface area contributed by atoms with Crippen molar-refractivity contribution < 1.29 is 14.2 Å². The molecule has 1 atom stereocenters. The average Bonchev–Trinajstić information content (AvgIpc) is 2.47. The molecule has 4 heteroatoms. The average molecular weight is 275 g/mol. The Morgan fingerprint density at radius 1 is 1.20 bits per heavy atom. The van der Waals surface area contributed by atoms with Crippen LogP contribution < -0.4 is 10.1 Å². The third kappa shape index (κ3) is 3.27. The molecule has 20 heavy (non-hydrogen) atoms. The maximum absolute atomic E-state index is 13.7. The zero-order chi connectivity index (χ0) is 14.6. The second-order valence-electron chi connectivity index (χ2n) is 4.84. The van der Waals surface area contributed by atoms with Crippen LogP contribution in [0.15, 0.2) is 48.5 Å². The van der Waals surface area contributed by atoms with Crippen LogP contribution in [0.3, 0.4) is 0 Å². The summed E-state index contributed by atoms with van der Waals surface area (Å²) in [5.74, 6) is 0.183. The Morgan fingerprint density at radius 2 is 1.90 bits per heavy atom. The van der Waals surface area contributed by atoms with Crippen molar-refractivity contribution in [1.82, 2.24) is 0 Å². The number of nitrogens with one attached hydrogen (secondary N) is 1. The Kier molecular flexibility index (Phi) is 4.25. The molecule has 0 heterocycles. The van der Waals surface area contributed by atoms with Crippen LogP contribution in [0.25, 0.3) is 0 Å². The molecule has 0 radical (unpaired) electrons. The fourth-order valence-electron chi connectivity index (χ4n) is 1.93. The lowest BCUT2D eigenvalue weighted by Gasteiger charge is -2.25. The molecule has 0 spiro atoms. The molecule has 0 bridgehead atoms. The summed E-state index contributed by atoms with van der Waals surface area (Å²) in [4.78, 5) is 0. The Labute approximate surface area is 118 Å². The minimum Gasteiger partial charge on any atom is -0.497 e. The summed E-state index contributed by atoms with van der Waals surface area (Å²) in [6, 6.07) is 13.7. The molecular weight excluding hydrogens is 257 g/mol. The largest absolute Gasteiger partial charge is 0.497 e. The zero-order valence-corrected chi connectivity index (χ0v) is 11.6. The van der Waals surface area contributed by atoms with Gasteiger partial charge in [-0.3, -0.25) is 0 Å². The Hall–Kier alpha value is -2.07.